The first-order chi connectivity index (χ1) is 8.96. The molecule has 3 nitrogen and oxygen atoms in total. The molecule has 2 aliphatic rings. The van der Waals surface area contributed by atoms with Crippen molar-refractivity contribution >= 4 is 5.91 Å². The SMILES string of the molecule is CC(C)(C)CCC(=O)N1CCC(C2CCNCC2)C1. The van der Waals surface area contributed by atoms with Gasteiger partial charge in [-0.1, -0.05) is 20.8 Å². The monoisotopic (exact) mass is 266 g/mol. The molecule has 0 saturated carbocycles. The molecule has 2 fully saturated rings. The molecular weight excluding hydrogens is 236 g/mol. The summed E-state index contributed by atoms with van der Waals surface area (Å²) < 4.78 is 0. The number of amides is 1. The van der Waals surface area contributed by atoms with E-state index < -0.39 is 0 Å². The maximum Gasteiger partial charge on any atom is 0.222 e. The number of carbonyl (C=O) groups is 1. The van der Waals surface area contributed by atoms with Crippen molar-refractivity contribution in [2.45, 2.75) is 52.9 Å². The Bertz CT molecular complexity index is 302. The van der Waals surface area contributed by atoms with Gasteiger partial charge in [0.2, 0.25) is 5.91 Å². The minimum absolute atomic E-state index is 0.268. The van der Waals surface area contributed by atoms with Crippen LogP contribution in [0.5, 0.6) is 0 Å². The number of nitrogens with zero attached hydrogens (tertiary/aromatic N) is 1. The summed E-state index contributed by atoms with van der Waals surface area (Å²) >= 11 is 0. The van der Waals surface area contributed by atoms with Crippen molar-refractivity contribution in [3.8, 4) is 0 Å². The van der Waals surface area contributed by atoms with Gasteiger partial charge in [-0.25, -0.2) is 0 Å². The van der Waals surface area contributed by atoms with Gasteiger partial charge in [0, 0.05) is 19.5 Å². The molecule has 2 rings (SSSR count). The maximum absolute atomic E-state index is 12.2. The van der Waals surface area contributed by atoms with Crippen molar-refractivity contribution in [2.75, 3.05) is 26.2 Å². The van der Waals surface area contributed by atoms with Crippen LogP contribution in [-0.4, -0.2) is 37.0 Å². The third-order valence-electron chi connectivity index (χ3n) is 4.72. The van der Waals surface area contributed by atoms with E-state index in [1.54, 1.807) is 0 Å². The fourth-order valence-corrected chi connectivity index (χ4v) is 3.35. The molecule has 110 valence electrons. The van der Waals surface area contributed by atoms with E-state index in [-0.39, 0.29) is 5.41 Å². The molecule has 3 heteroatoms. The minimum atomic E-state index is 0.268. The van der Waals surface area contributed by atoms with Crippen LogP contribution in [0.15, 0.2) is 0 Å². The van der Waals surface area contributed by atoms with Crippen LogP contribution in [0.3, 0.4) is 0 Å². The lowest BCUT2D eigenvalue weighted by Gasteiger charge is -2.28. The molecular formula is C16H30N2O. The van der Waals surface area contributed by atoms with Crippen molar-refractivity contribution in [1.29, 1.82) is 0 Å². The number of rotatable bonds is 3. The fraction of sp³-hybridized carbons (Fsp3) is 0.938. The van der Waals surface area contributed by atoms with E-state index in [1.807, 2.05) is 0 Å². The van der Waals surface area contributed by atoms with E-state index in [1.165, 1.54) is 32.4 Å². The Kier molecular flexibility index (Phi) is 4.88. The van der Waals surface area contributed by atoms with Gasteiger partial charge < -0.3 is 10.2 Å². The van der Waals surface area contributed by atoms with Gasteiger partial charge in [-0.3, -0.25) is 4.79 Å². The number of hydrogen-bond acceptors (Lipinski definition) is 2. The zero-order valence-corrected chi connectivity index (χ0v) is 12.9. The molecule has 2 saturated heterocycles. The molecule has 0 spiro atoms. The zero-order valence-electron chi connectivity index (χ0n) is 12.9. The highest BCUT2D eigenvalue weighted by molar-refractivity contribution is 5.76. The van der Waals surface area contributed by atoms with Crippen LogP contribution in [0.25, 0.3) is 0 Å². The standard InChI is InChI=1S/C16H30N2O/c1-16(2,3)8-4-15(19)18-11-7-14(12-18)13-5-9-17-10-6-13/h13-14,17H,4-12H2,1-3H3. The molecule has 0 aromatic heterocycles. The average molecular weight is 266 g/mol. The van der Waals surface area contributed by atoms with Crippen LogP contribution >= 0.6 is 0 Å². The second-order valence-electron chi connectivity index (χ2n) is 7.54. The van der Waals surface area contributed by atoms with Gasteiger partial charge in [0.05, 0.1) is 0 Å². The highest BCUT2D eigenvalue weighted by atomic mass is 16.2. The summed E-state index contributed by atoms with van der Waals surface area (Å²) in [4.78, 5) is 14.4. The van der Waals surface area contributed by atoms with Crippen LogP contribution in [0.1, 0.15) is 52.9 Å². The fourth-order valence-electron chi connectivity index (χ4n) is 3.35. The summed E-state index contributed by atoms with van der Waals surface area (Å²) in [6.07, 6.45) is 5.55. The van der Waals surface area contributed by atoms with Crippen LogP contribution in [0, 0.1) is 17.3 Å². The molecule has 0 aromatic rings. The quantitative estimate of drug-likeness (QED) is 0.852. The first kappa shape index (κ1) is 14.8. The minimum Gasteiger partial charge on any atom is -0.342 e. The van der Waals surface area contributed by atoms with Crippen LogP contribution < -0.4 is 5.32 Å². The molecule has 1 amide bonds. The lowest BCUT2D eigenvalue weighted by Crippen LogP contribution is -2.34. The molecule has 0 bridgehead atoms. The first-order valence-corrected chi connectivity index (χ1v) is 7.94. The summed E-state index contributed by atoms with van der Waals surface area (Å²) in [7, 11) is 0. The van der Waals surface area contributed by atoms with Gasteiger partial charge in [0.1, 0.15) is 0 Å². The highest BCUT2D eigenvalue weighted by Gasteiger charge is 2.32. The molecule has 0 radical (unpaired) electrons. The molecule has 0 aliphatic carbocycles. The van der Waals surface area contributed by atoms with Gasteiger partial charge in [-0.15, -0.1) is 0 Å². The number of piperidine rings is 1. The van der Waals surface area contributed by atoms with Gasteiger partial charge >= 0.3 is 0 Å². The zero-order chi connectivity index (χ0) is 13.9. The smallest absolute Gasteiger partial charge is 0.222 e. The van der Waals surface area contributed by atoms with Gasteiger partial charge in [-0.2, -0.15) is 0 Å². The first-order valence-electron chi connectivity index (χ1n) is 7.94. The Morgan fingerprint density at radius 2 is 1.84 bits per heavy atom. The summed E-state index contributed by atoms with van der Waals surface area (Å²) in [5.74, 6) is 1.99. The maximum atomic E-state index is 12.2. The summed E-state index contributed by atoms with van der Waals surface area (Å²) in [5.41, 5.74) is 0.268. The Morgan fingerprint density at radius 3 is 2.47 bits per heavy atom. The third kappa shape index (κ3) is 4.48. The molecule has 1 N–H and O–H groups in total. The van der Waals surface area contributed by atoms with E-state index in [0.717, 1.165) is 37.8 Å². The second kappa shape index (κ2) is 6.25. The Morgan fingerprint density at radius 1 is 1.16 bits per heavy atom. The molecule has 2 heterocycles. The number of carbonyl (C=O) groups excluding carboxylic acids is 1. The Balaban J connectivity index is 1.76. The van der Waals surface area contributed by atoms with E-state index in [9.17, 15) is 4.79 Å². The lowest BCUT2D eigenvalue weighted by molar-refractivity contribution is -0.130. The van der Waals surface area contributed by atoms with Crippen molar-refractivity contribution in [3.63, 3.8) is 0 Å². The largest absolute Gasteiger partial charge is 0.342 e. The van der Waals surface area contributed by atoms with Crippen molar-refractivity contribution in [2.24, 2.45) is 17.3 Å². The van der Waals surface area contributed by atoms with Crippen molar-refractivity contribution in [1.82, 2.24) is 10.2 Å². The number of nitrogens with one attached hydrogen (secondary N) is 1. The van der Waals surface area contributed by atoms with Crippen molar-refractivity contribution < 1.29 is 4.79 Å². The average Bonchev–Trinajstić information content (AvgIpc) is 2.86. The normalized spacial score (nSPS) is 25.8. The summed E-state index contributed by atoms with van der Waals surface area (Å²) in [5, 5.41) is 3.43. The predicted molar refractivity (Wildman–Crippen MR) is 79.0 cm³/mol. The molecule has 2 aliphatic heterocycles. The topological polar surface area (TPSA) is 32.3 Å². The van der Waals surface area contributed by atoms with Crippen LogP contribution in [-0.2, 0) is 4.79 Å². The Hall–Kier alpha value is -0.570. The van der Waals surface area contributed by atoms with E-state index >= 15 is 0 Å². The van der Waals surface area contributed by atoms with Crippen LogP contribution in [0.4, 0.5) is 0 Å². The lowest BCUT2D eigenvalue weighted by atomic mass is 9.84. The van der Waals surface area contributed by atoms with E-state index in [4.69, 9.17) is 0 Å². The Labute approximate surface area is 118 Å². The summed E-state index contributed by atoms with van der Waals surface area (Å²) in [6, 6.07) is 0. The van der Waals surface area contributed by atoms with Crippen LogP contribution in [0.2, 0.25) is 0 Å². The van der Waals surface area contributed by atoms with Gasteiger partial charge in [-0.05, 0) is 56.0 Å². The second-order valence-corrected chi connectivity index (χ2v) is 7.54. The molecule has 1 unspecified atom stereocenters. The van der Waals surface area contributed by atoms with Gasteiger partial charge in [0.15, 0.2) is 0 Å². The number of likely N-dealkylation sites (tertiary alicyclic amines) is 1. The van der Waals surface area contributed by atoms with Crippen molar-refractivity contribution in [3.05, 3.63) is 0 Å². The highest BCUT2D eigenvalue weighted by Crippen LogP contribution is 2.31. The molecule has 19 heavy (non-hydrogen) atoms. The summed E-state index contributed by atoms with van der Waals surface area (Å²) in [6.45, 7) is 11.0. The third-order valence-corrected chi connectivity index (χ3v) is 4.72. The van der Waals surface area contributed by atoms with E-state index in [0.29, 0.717) is 5.91 Å². The van der Waals surface area contributed by atoms with Gasteiger partial charge in [0.25, 0.3) is 0 Å². The van der Waals surface area contributed by atoms with E-state index in [2.05, 4.69) is 31.0 Å². The number of hydrogen-bond donors (Lipinski definition) is 1. The molecule has 0 aromatic carbocycles. The molecule has 1 atom stereocenters. The predicted octanol–water partition coefficient (Wildman–Crippen LogP) is 2.66.